The van der Waals surface area contributed by atoms with Crippen LogP contribution in [0, 0.1) is 0 Å². The Labute approximate surface area is 96.8 Å². The summed E-state index contributed by atoms with van der Waals surface area (Å²) < 4.78 is 5.34. The Morgan fingerprint density at radius 3 is 2.75 bits per heavy atom. The molecule has 0 aromatic carbocycles. The second-order valence-corrected chi connectivity index (χ2v) is 4.58. The standard InChI is InChI=1S/C12H21N3O/c1-3-10(13-2)12-14-11(15-16-12)9-7-5-4-6-8-9/h9-10,13H,3-8H2,1-2H3. The summed E-state index contributed by atoms with van der Waals surface area (Å²) in [5.74, 6) is 2.19. The highest BCUT2D eigenvalue weighted by atomic mass is 16.5. The Morgan fingerprint density at radius 2 is 2.12 bits per heavy atom. The van der Waals surface area contributed by atoms with Gasteiger partial charge in [0.05, 0.1) is 6.04 Å². The average Bonchev–Trinajstić information content (AvgIpc) is 2.81. The summed E-state index contributed by atoms with van der Waals surface area (Å²) in [5.41, 5.74) is 0. The highest BCUT2D eigenvalue weighted by Gasteiger charge is 2.22. The van der Waals surface area contributed by atoms with Crippen LogP contribution in [-0.2, 0) is 0 Å². The molecule has 16 heavy (non-hydrogen) atoms. The first kappa shape index (κ1) is 11.6. The molecule has 1 aliphatic rings. The lowest BCUT2D eigenvalue weighted by Gasteiger charge is -2.17. The number of nitrogens with one attached hydrogen (secondary N) is 1. The molecule has 0 bridgehead atoms. The highest BCUT2D eigenvalue weighted by Crippen LogP contribution is 2.31. The topological polar surface area (TPSA) is 51.0 Å². The van der Waals surface area contributed by atoms with Gasteiger partial charge >= 0.3 is 0 Å². The van der Waals surface area contributed by atoms with E-state index in [-0.39, 0.29) is 6.04 Å². The van der Waals surface area contributed by atoms with E-state index in [0.29, 0.717) is 5.92 Å². The fourth-order valence-electron chi connectivity index (χ4n) is 2.42. The molecule has 4 nitrogen and oxygen atoms in total. The number of aromatic nitrogens is 2. The second-order valence-electron chi connectivity index (χ2n) is 4.58. The number of nitrogens with zero attached hydrogens (tertiary/aromatic N) is 2. The molecule has 4 heteroatoms. The monoisotopic (exact) mass is 223 g/mol. The van der Waals surface area contributed by atoms with Gasteiger partial charge in [-0.2, -0.15) is 4.98 Å². The molecular formula is C12H21N3O. The van der Waals surface area contributed by atoms with E-state index in [4.69, 9.17) is 4.52 Å². The van der Waals surface area contributed by atoms with E-state index in [2.05, 4.69) is 22.4 Å². The van der Waals surface area contributed by atoms with Crippen molar-refractivity contribution >= 4 is 0 Å². The third kappa shape index (κ3) is 2.43. The van der Waals surface area contributed by atoms with E-state index in [1.54, 1.807) is 0 Å². The molecule has 1 aromatic rings. The number of hydrogen-bond acceptors (Lipinski definition) is 4. The molecule has 1 fully saturated rings. The summed E-state index contributed by atoms with van der Waals surface area (Å²) in [6.45, 7) is 2.12. The van der Waals surface area contributed by atoms with Crippen molar-refractivity contribution in [3.63, 3.8) is 0 Å². The van der Waals surface area contributed by atoms with Gasteiger partial charge in [-0.15, -0.1) is 0 Å². The van der Waals surface area contributed by atoms with Gasteiger partial charge in [0.25, 0.3) is 0 Å². The zero-order valence-electron chi connectivity index (χ0n) is 10.2. The third-order valence-electron chi connectivity index (χ3n) is 3.48. The van der Waals surface area contributed by atoms with Crippen molar-refractivity contribution in [3.8, 4) is 0 Å². The Hall–Kier alpha value is -0.900. The Morgan fingerprint density at radius 1 is 1.38 bits per heavy atom. The molecule has 1 saturated carbocycles. The predicted molar refractivity (Wildman–Crippen MR) is 62.2 cm³/mol. The molecule has 0 amide bonds. The fourth-order valence-corrected chi connectivity index (χ4v) is 2.42. The van der Waals surface area contributed by atoms with E-state index in [1.807, 2.05) is 7.05 Å². The smallest absolute Gasteiger partial charge is 0.243 e. The Balaban J connectivity index is 2.05. The molecule has 0 aliphatic heterocycles. The van der Waals surface area contributed by atoms with E-state index < -0.39 is 0 Å². The van der Waals surface area contributed by atoms with Gasteiger partial charge in [-0.1, -0.05) is 31.3 Å². The highest BCUT2D eigenvalue weighted by molar-refractivity contribution is 4.99. The van der Waals surface area contributed by atoms with Crippen molar-refractivity contribution in [1.82, 2.24) is 15.5 Å². The van der Waals surface area contributed by atoms with Gasteiger partial charge < -0.3 is 9.84 Å². The van der Waals surface area contributed by atoms with Crippen molar-refractivity contribution in [2.45, 2.75) is 57.4 Å². The van der Waals surface area contributed by atoms with E-state index in [0.717, 1.165) is 18.1 Å². The summed E-state index contributed by atoms with van der Waals surface area (Å²) in [4.78, 5) is 4.54. The molecule has 1 N–H and O–H groups in total. The summed E-state index contributed by atoms with van der Waals surface area (Å²) in [6.07, 6.45) is 7.37. The molecule has 1 aromatic heterocycles. The van der Waals surface area contributed by atoms with Crippen LogP contribution in [0.5, 0.6) is 0 Å². The van der Waals surface area contributed by atoms with Crippen LogP contribution >= 0.6 is 0 Å². The lowest BCUT2D eigenvalue weighted by Crippen LogP contribution is -2.15. The van der Waals surface area contributed by atoms with Crippen LogP contribution in [-0.4, -0.2) is 17.2 Å². The van der Waals surface area contributed by atoms with Gasteiger partial charge in [0.2, 0.25) is 5.89 Å². The number of rotatable bonds is 4. The molecule has 90 valence electrons. The molecule has 0 radical (unpaired) electrons. The lowest BCUT2D eigenvalue weighted by atomic mass is 9.89. The van der Waals surface area contributed by atoms with E-state index in [9.17, 15) is 0 Å². The molecular weight excluding hydrogens is 202 g/mol. The SMILES string of the molecule is CCC(NC)c1nc(C2CCCCC2)no1. The fraction of sp³-hybridized carbons (Fsp3) is 0.833. The Bertz CT molecular complexity index is 314. The molecule has 1 unspecified atom stereocenters. The Kier molecular flexibility index (Phi) is 3.93. The quantitative estimate of drug-likeness (QED) is 0.852. The minimum atomic E-state index is 0.199. The van der Waals surface area contributed by atoms with Gasteiger partial charge in [-0.25, -0.2) is 0 Å². The third-order valence-corrected chi connectivity index (χ3v) is 3.48. The lowest BCUT2D eigenvalue weighted by molar-refractivity contribution is 0.325. The summed E-state index contributed by atoms with van der Waals surface area (Å²) in [6, 6.07) is 0.199. The van der Waals surface area contributed by atoms with Crippen LogP contribution in [0.3, 0.4) is 0 Å². The second kappa shape index (κ2) is 5.43. The average molecular weight is 223 g/mol. The van der Waals surface area contributed by atoms with Gasteiger partial charge in [-0.3, -0.25) is 0 Å². The number of hydrogen-bond donors (Lipinski definition) is 1. The molecule has 0 saturated heterocycles. The van der Waals surface area contributed by atoms with Crippen molar-refractivity contribution < 1.29 is 4.52 Å². The minimum Gasteiger partial charge on any atom is -0.338 e. The van der Waals surface area contributed by atoms with Crippen molar-refractivity contribution in [3.05, 3.63) is 11.7 Å². The molecule has 1 heterocycles. The van der Waals surface area contributed by atoms with Crippen LogP contribution in [0.15, 0.2) is 4.52 Å². The van der Waals surface area contributed by atoms with E-state index in [1.165, 1.54) is 32.1 Å². The van der Waals surface area contributed by atoms with Crippen LogP contribution in [0.1, 0.15) is 69.1 Å². The maximum atomic E-state index is 5.34. The summed E-state index contributed by atoms with van der Waals surface area (Å²) in [7, 11) is 1.93. The van der Waals surface area contributed by atoms with Crippen molar-refractivity contribution in [2.24, 2.45) is 0 Å². The molecule has 2 rings (SSSR count). The molecule has 1 aliphatic carbocycles. The van der Waals surface area contributed by atoms with Gasteiger partial charge in [0, 0.05) is 5.92 Å². The largest absolute Gasteiger partial charge is 0.338 e. The first-order valence-electron chi connectivity index (χ1n) is 6.36. The molecule has 0 spiro atoms. The maximum Gasteiger partial charge on any atom is 0.243 e. The zero-order chi connectivity index (χ0) is 11.4. The van der Waals surface area contributed by atoms with E-state index >= 15 is 0 Å². The van der Waals surface area contributed by atoms with Crippen LogP contribution < -0.4 is 5.32 Å². The van der Waals surface area contributed by atoms with Crippen LogP contribution in [0.25, 0.3) is 0 Å². The summed E-state index contributed by atoms with van der Waals surface area (Å²) >= 11 is 0. The van der Waals surface area contributed by atoms with Crippen molar-refractivity contribution in [2.75, 3.05) is 7.05 Å². The zero-order valence-corrected chi connectivity index (χ0v) is 10.2. The first-order valence-corrected chi connectivity index (χ1v) is 6.36. The van der Waals surface area contributed by atoms with Crippen LogP contribution in [0.4, 0.5) is 0 Å². The minimum absolute atomic E-state index is 0.199. The first-order chi connectivity index (χ1) is 7.85. The van der Waals surface area contributed by atoms with Crippen LogP contribution in [0.2, 0.25) is 0 Å². The predicted octanol–water partition coefficient (Wildman–Crippen LogP) is 2.79. The summed E-state index contributed by atoms with van der Waals surface area (Å²) in [5, 5.41) is 7.32. The van der Waals surface area contributed by atoms with Gasteiger partial charge in [0.1, 0.15) is 0 Å². The van der Waals surface area contributed by atoms with Gasteiger partial charge in [0.15, 0.2) is 5.82 Å². The maximum absolute atomic E-state index is 5.34. The molecule has 1 atom stereocenters. The van der Waals surface area contributed by atoms with Gasteiger partial charge in [-0.05, 0) is 26.3 Å². The normalized spacial score (nSPS) is 19.9. The van der Waals surface area contributed by atoms with Crippen molar-refractivity contribution in [1.29, 1.82) is 0 Å².